The maximum absolute atomic E-state index is 6.19. The molecule has 0 bridgehead atoms. The average Bonchev–Trinajstić information content (AvgIpc) is 2.17. The van der Waals surface area contributed by atoms with E-state index >= 15 is 0 Å². The number of rotatable bonds is 5. The lowest BCUT2D eigenvalue weighted by molar-refractivity contribution is 0.547. The Balaban J connectivity index is 2.32. The van der Waals surface area contributed by atoms with Crippen LogP contribution in [0.1, 0.15) is 32.3 Å². The van der Waals surface area contributed by atoms with E-state index in [1.165, 1.54) is 5.56 Å². The molecule has 0 heterocycles. The number of hydrogen-bond donors (Lipinski definition) is 0. The molecule has 0 aliphatic heterocycles. The van der Waals surface area contributed by atoms with Crippen molar-refractivity contribution in [3.63, 3.8) is 0 Å². The molecule has 84 valence electrons. The van der Waals surface area contributed by atoms with Crippen molar-refractivity contribution in [2.45, 2.75) is 38.5 Å². The lowest BCUT2D eigenvalue weighted by Gasteiger charge is -2.12. The Morgan fingerprint density at radius 1 is 1.27 bits per heavy atom. The molecule has 1 rings (SSSR count). The van der Waals surface area contributed by atoms with E-state index in [2.05, 4.69) is 19.9 Å². The standard InChI is InChI=1S/C13H18Cl2/c1-10(2)13(15)8-4-6-11-5-3-7-12(14)9-11/h3,5,7,9-10,13H,4,6,8H2,1-2H3. The fourth-order valence-electron chi connectivity index (χ4n) is 1.53. The van der Waals surface area contributed by atoms with Crippen LogP contribution in [0.3, 0.4) is 0 Å². The largest absolute Gasteiger partial charge is 0.123 e. The van der Waals surface area contributed by atoms with Gasteiger partial charge in [-0.25, -0.2) is 0 Å². The van der Waals surface area contributed by atoms with Crippen LogP contribution in [0.25, 0.3) is 0 Å². The summed E-state index contributed by atoms with van der Waals surface area (Å²) in [5.74, 6) is 0.561. The Hall–Kier alpha value is -0.200. The first-order valence-corrected chi connectivity index (χ1v) is 6.29. The third-order valence-corrected chi connectivity index (χ3v) is 3.52. The van der Waals surface area contributed by atoms with Crippen LogP contribution in [0.4, 0.5) is 0 Å². The van der Waals surface area contributed by atoms with Crippen LogP contribution in [-0.2, 0) is 6.42 Å². The Morgan fingerprint density at radius 2 is 2.00 bits per heavy atom. The molecule has 1 atom stereocenters. The second-order valence-corrected chi connectivity index (χ2v) is 5.28. The minimum absolute atomic E-state index is 0.296. The van der Waals surface area contributed by atoms with Crippen molar-refractivity contribution in [3.8, 4) is 0 Å². The summed E-state index contributed by atoms with van der Waals surface area (Å²) >= 11 is 12.1. The van der Waals surface area contributed by atoms with Gasteiger partial charge in [0.1, 0.15) is 0 Å². The summed E-state index contributed by atoms with van der Waals surface area (Å²) in [5.41, 5.74) is 1.30. The van der Waals surface area contributed by atoms with Gasteiger partial charge in [-0.15, -0.1) is 11.6 Å². The number of alkyl halides is 1. The fourth-order valence-corrected chi connectivity index (χ4v) is 1.89. The summed E-state index contributed by atoms with van der Waals surface area (Å²) in [4.78, 5) is 0. The van der Waals surface area contributed by atoms with E-state index < -0.39 is 0 Å². The lowest BCUT2D eigenvalue weighted by Crippen LogP contribution is -2.07. The molecule has 0 amide bonds. The van der Waals surface area contributed by atoms with Gasteiger partial charge in [0.25, 0.3) is 0 Å². The first kappa shape index (κ1) is 12.9. The lowest BCUT2D eigenvalue weighted by atomic mass is 10.0. The third kappa shape index (κ3) is 4.90. The van der Waals surface area contributed by atoms with E-state index in [0.717, 1.165) is 24.3 Å². The molecule has 1 aromatic carbocycles. The molecule has 0 radical (unpaired) electrons. The minimum atomic E-state index is 0.296. The minimum Gasteiger partial charge on any atom is -0.123 e. The summed E-state index contributed by atoms with van der Waals surface area (Å²) < 4.78 is 0. The van der Waals surface area contributed by atoms with Crippen molar-refractivity contribution in [2.75, 3.05) is 0 Å². The summed E-state index contributed by atoms with van der Waals surface area (Å²) in [7, 11) is 0. The summed E-state index contributed by atoms with van der Waals surface area (Å²) in [5, 5.41) is 1.11. The Kier molecular flexibility index (Phi) is 5.49. The number of hydrogen-bond acceptors (Lipinski definition) is 0. The summed E-state index contributed by atoms with van der Waals surface area (Å²) in [6.07, 6.45) is 3.27. The topological polar surface area (TPSA) is 0 Å². The van der Waals surface area contributed by atoms with Crippen LogP contribution in [-0.4, -0.2) is 5.38 Å². The van der Waals surface area contributed by atoms with Crippen molar-refractivity contribution in [1.29, 1.82) is 0 Å². The van der Waals surface area contributed by atoms with Crippen molar-refractivity contribution in [3.05, 3.63) is 34.9 Å². The molecule has 0 aliphatic rings. The van der Waals surface area contributed by atoms with Gasteiger partial charge < -0.3 is 0 Å². The fraction of sp³-hybridized carbons (Fsp3) is 0.538. The molecule has 2 heteroatoms. The highest BCUT2D eigenvalue weighted by Crippen LogP contribution is 2.18. The molecule has 0 saturated carbocycles. The van der Waals surface area contributed by atoms with Crippen molar-refractivity contribution in [2.24, 2.45) is 5.92 Å². The SMILES string of the molecule is CC(C)C(Cl)CCCc1cccc(Cl)c1. The predicted octanol–water partition coefficient (Wildman–Crippen LogP) is 4.93. The van der Waals surface area contributed by atoms with E-state index in [-0.39, 0.29) is 0 Å². The van der Waals surface area contributed by atoms with Gasteiger partial charge in [-0.05, 0) is 42.9 Å². The van der Waals surface area contributed by atoms with E-state index in [1.54, 1.807) is 0 Å². The molecule has 0 N–H and O–H groups in total. The number of aryl methyl sites for hydroxylation is 1. The predicted molar refractivity (Wildman–Crippen MR) is 68.9 cm³/mol. The van der Waals surface area contributed by atoms with Crippen LogP contribution in [0.15, 0.2) is 24.3 Å². The molecule has 1 unspecified atom stereocenters. The zero-order valence-electron chi connectivity index (χ0n) is 9.34. The second-order valence-electron chi connectivity index (χ2n) is 4.28. The molecular formula is C13H18Cl2. The Bertz CT molecular complexity index is 294. The zero-order valence-corrected chi connectivity index (χ0v) is 10.9. The molecule has 15 heavy (non-hydrogen) atoms. The van der Waals surface area contributed by atoms with Gasteiger partial charge >= 0.3 is 0 Å². The number of halogens is 2. The van der Waals surface area contributed by atoms with E-state index in [4.69, 9.17) is 23.2 Å². The highest BCUT2D eigenvalue weighted by molar-refractivity contribution is 6.30. The zero-order chi connectivity index (χ0) is 11.3. The maximum atomic E-state index is 6.19. The van der Waals surface area contributed by atoms with Crippen molar-refractivity contribution < 1.29 is 0 Å². The average molecular weight is 245 g/mol. The Labute approximate surface area is 103 Å². The molecule has 0 aromatic heterocycles. The van der Waals surface area contributed by atoms with Gasteiger partial charge in [-0.3, -0.25) is 0 Å². The smallest absolute Gasteiger partial charge is 0.0408 e. The van der Waals surface area contributed by atoms with Crippen LogP contribution in [0.5, 0.6) is 0 Å². The van der Waals surface area contributed by atoms with Gasteiger partial charge in [-0.2, -0.15) is 0 Å². The molecule has 0 aliphatic carbocycles. The maximum Gasteiger partial charge on any atom is 0.0408 e. The molecular weight excluding hydrogens is 227 g/mol. The van der Waals surface area contributed by atoms with Crippen LogP contribution >= 0.6 is 23.2 Å². The summed E-state index contributed by atoms with van der Waals surface area (Å²) in [6, 6.07) is 8.05. The van der Waals surface area contributed by atoms with Gasteiger partial charge in [-0.1, -0.05) is 37.6 Å². The van der Waals surface area contributed by atoms with Crippen LogP contribution in [0, 0.1) is 5.92 Å². The van der Waals surface area contributed by atoms with Gasteiger partial charge in [0.2, 0.25) is 0 Å². The van der Waals surface area contributed by atoms with E-state index in [9.17, 15) is 0 Å². The quantitative estimate of drug-likeness (QED) is 0.645. The first-order valence-electron chi connectivity index (χ1n) is 5.48. The van der Waals surface area contributed by atoms with E-state index in [0.29, 0.717) is 11.3 Å². The van der Waals surface area contributed by atoms with Crippen molar-refractivity contribution >= 4 is 23.2 Å². The molecule has 0 saturated heterocycles. The Morgan fingerprint density at radius 3 is 2.60 bits per heavy atom. The monoisotopic (exact) mass is 244 g/mol. The van der Waals surface area contributed by atoms with Crippen molar-refractivity contribution in [1.82, 2.24) is 0 Å². The van der Waals surface area contributed by atoms with E-state index in [1.807, 2.05) is 18.2 Å². The van der Waals surface area contributed by atoms with Gasteiger partial charge in [0.15, 0.2) is 0 Å². The first-order chi connectivity index (χ1) is 7.09. The molecule has 0 spiro atoms. The highest BCUT2D eigenvalue weighted by Gasteiger charge is 2.08. The van der Waals surface area contributed by atoms with Crippen LogP contribution in [0.2, 0.25) is 5.02 Å². The number of benzene rings is 1. The molecule has 1 aromatic rings. The summed E-state index contributed by atoms with van der Waals surface area (Å²) in [6.45, 7) is 4.33. The third-order valence-electron chi connectivity index (χ3n) is 2.56. The van der Waals surface area contributed by atoms with Gasteiger partial charge in [0.05, 0.1) is 0 Å². The highest BCUT2D eigenvalue weighted by atomic mass is 35.5. The van der Waals surface area contributed by atoms with Gasteiger partial charge in [0, 0.05) is 10.4 Å². The normalized spacial score (nSPS) is 13.1. The molecule has 0 nitrogen and oxygen atoms in total. The second kappa shape index (κ2) is 6.40. The van der Waals surface area contributed by atoms with Crippen LogP contribution < -0.4 is 0 Å². The molecule has 0 fully saturated rings.